The third-order valence-electron chi connectivity index (χ3n) is 4.53. The van der Waals surface area contributed by atoms with Crippen molar-refractivity contribution >= 4 is 11.6 Å². The van der Waals surface area contributed by atoms with Crippen molar-refractivity contribution in [1.82, 2.24) is 10.1 Å². The summed E-state index contributed by atoms with van der Waals surface area (Å²) in [4.78, 5) is 16.3. The lowest BCUT2D eigenvalue weighted by Crippen LogP contribution is -2.19. The maximum absolute atomic E-state index is 13.1. The maximum Gasteiger partial charge on any atom is 0.416 e. The Bertz CT molecular complexity index is 1030. The highest BCUT2D eigenvalue weighted by molar-refractivity contribution is 5.92. The van der Waals surface area contributed by atoms with E-state index in [0.29, 0.717) is 16.8 Å². The van der Waals surface area contributed by atoms with Gasteiger partial charge in [-0.25, -0.2) is 0 Å². The van der Waals surface area contributed by atoms with Crippen LogP contribution in [0.25, 0.3) is 22.8 Å². The molecule has 1 unspecified atom stereocenters. The third kappa shape index (κ3) is 4.82. The number of alkyl halides is 3. The number of nitrogens with zero attached hydrogens (tertiary/aromatic N) is 2. The second kappa shape index (κ2) is 8.06. The molecule has 1 aromatic heterocycles. The molecule has 0 aliphatic heterocycles. The first-order valence-corrected chi connectivity index (χ1v) is 9.11. The molecule has 1 heterocycles. The van der Waals surface area contributed by atoms with Gasteiger partial charge in [-0.1, -0.05) is 31.1 Å². The van der Waals surface area contributed by atoms with E-state index in [0.717, 1.165) is 18.6 Å². The number of benzene rings is 2. The molecular formula is C21H20F3N3O2. The van der Waals surface area contributed by atoms with Gasteiger partial charge in [-0.05, 0) is 49.2 Å². The molecule has 0 aliphatic rings. The number of nitrogens with one attached hydrogen (secondary N) is 1. The zero-order chi connectivity index (χ0) is 21.2. The van der Waals surface area contributed by atoms with Crippen LogP contribution in [0.15, 0.2) is 47.0 Å². The second-order valence-corrected chi connectivity index (χ2v) is 6.89. The molecule has 5 nitrogen and oxygen atoms in total. The summed E-state index contributed by atoms with van der Waals surface area (Å²) in [6.45, 7) is 5.33. The number of carbonyl (C=O) groups excluding carboxylic acids is 1. The SMILES string of the molecule is CCC(C)C(=O)Nc1cccc(-c2noc(-c3cc(C)cc(C(F)(F)F)c3)n2)c1. The monoisotopic (exact) mass is 403 g/mol. The Morgan fingerprint density at radius 2 is 1.93 bits per heavy atom. The van der Waals surface area contributed by atoms with Crippen molar-refractivity contribution in [1.29, 1.82) is 0 Å². The van der Waals surface area contributed by atoms with E-state index in [9.17, 15) is 18.0 Å². The van der Waals surface area contributed by atoms with E-state index in [2.05, 4.69) is 15.5 Å². The van der Waals surface area contributed by atoms with E-state index < -0.39 is 11.7 Å². The Kier molecular flexibility index (Phi) is 5.72. The highest BCUT2D eigenvalue weighted by atomic mass is 19.4. The molecule has 2 aromatic carbocycles. The first-order chi connectivity index (χ1) is 13.7. The van der Waals surface area contributed by atoms with Gasteiger partial charge in [0.05, 0.1) is 5.56 Å². The van der Waals surface area contributed by atoms with Gasteiger partial charge in [0.2, 0.25) is 11.7 Å². The molecule has 29 heavy (non-hydrogen) atoms. The fourth-order valence-corrected chi connectivity index (χ4v) is 2.72. The van der Waals surface area contributed by atoms with E-state index in [1.807, 2.05) is 13.8 Å². The minimum absolute atomic E-state index is 0.0109. The van der Waals surface area contributed by atoms with Crippen molar-refractivity contribution in [2.24, 2.45) is 5.92 Å². The smallest absolute Gasteiger partial charge is 0.334 e. The highest BCUT2D eigenvalue weighted by Gasteiger charge is 2.31. The number of rotatable bonds is 5. The number of hydrogen-bond acceptors (Lipinski definition) is 4. The summed E-state index contributed by atoms with van der Waals surface area (Å²) >= 11 is 0. The van der Waals surface area contributed by atoms with Gasteiger partial charge >= 0.3 is 6.18 Å². The number of aromatic nitrogens is 2. The van der Waals surface area contributed by atoms with E-state index in [1.54, 1.807) is 37.3 Å². The number of amides is 1. The van der Waals surface area contributed by atoms with E-state index in [4.69, 9.17) is 4.52 Å². The van der Waals surface area contributed by atoms with Gasteiger partial charge in [0, 0.05) is 22.7 Å². The van der Waals surface area contributed by atoms with Crippen molar-refractivity contribution < 1.29 is 22.5 Å². The van der Waals surface area contributed by atoms with Crippen LogP contribution in [0.2, 0.25) is 0 Å². The van der Waals surface area contributed by atoms with Gasteiger partial charge in [-0.15, -0.1) is 0 Å². The van der Waals surface area contributed by atoms with Gasteiger partial charge in [0.15, 0.2) is 0 Å². The number of anilines is 1. The minimum atomic E-state index is -4.47. The van der Waals surface area contributed by atoms with Crippen molar-refractivity contribution in [3.8, 4) is 22.8 Å². The zero-order valence-corrected chi connectivity index (χ0v) is 16.2. The first-order valence-electron chi connectivity index (χ1n) is 9.11. The summed E-state index contributed by atoms with van der Waals surface area (Å²) in [5.74, 6) is -0.0181. The molecule has 152 valence electrons. The minimum Gasteiger partial charge on any atom is -0.334 e. The van der Waals surface area contributed by atoms with Crippen molar-refractivity contribution in [2.45, 2.75) is 33.4 Å². The van der Waals surface area contributed by atoms with E-state index in [-0.39, 0.29) is 29.1 Å². The summed E-state index contributed by atoms with van der Waals surface area (Å²) in [7, 11) is 0. The molecule has 0 aliphatic carbocycles. The normalized spacial score (nSPS) is 12.6. The molecule has 1 atom stereocenters. The second-order valence-electron chi connectivity index (χ2n) is 6.89. The molecule has 1 amide bonds. The van der Waals surface area contributed by atoms with Gasteiger partial charge < -0.3 is 9.84 Å². The van der Waals surface area contributed by atoms with Crippen LogP contribution in [0.4, 0.5) is 18.9 Å². The molecule has 0 radical (unpaired) electrons. The van der Waals surface area contributed by atoms with Gasteiger partial charge in [-0.2, -0.15) is 18.2 Å². The number of hydrogen-bond donors (Lipinski definition) is 1. The summed E-state index contributed by atoms with van der Waals surface area (Å²) in [6, 6.07) is 10.5. The molecular weight excluding hydrogens is 383 g/mol. The highest BCUT2D eigenvalue weighted by Crippen LogP contribution is 2.33. The lowest BCUT2D eigenvalue weighted by Gasteiger charge is -2.10. The summed E-state index contributed by atoms with van der Waals surface area (Å²) in [6.07, 6.45) is -3.75. The summed E-state index contributed by atoms with van der Waals surface area (Å²) in [5.41, 5.74) is 1.00. The van der Waals surface area contributed by atoms with Crippen molar-refractivity contribution in [2.75, 3.05) is 5.32 Å². The average Bonchev–Trinajstić information content (AvgIpc) is 3.16. The Morgan fingerprint density at radius 1 is 1.17 bits per heavy atom. The Hall–Kier alpha value is -3.16. The quantitative estimate of drug-likeness (QED) is 0.592. The van der Waals surface area contributed by atoms with Crippen LogP contribution in [-0.2, 0) is 11.0 Å². The number of carbonyl (C=O) groups is 1. The number of halogens is 3. The molecule has 3 rings (SSSR count). The predicted octanol–water partition coefficient (Wildman–Crippen LogP) is 5.72. The van der Waals surface area contributed by atoms with Gasteiger partial charge in [0.1, 0.15) is 0 Å². The fourth-order valence-electron chi connectivity index (χ4n) is 2.72. The Morgan fingerprint density at radius 3 is 2.62 bits per heavy atom. The largest absolute Gasteiger partial charge is 0.416 e. The molecule has 0 spiro atoms. The molecule has 0 fully saturated rings. The number of aryl methyl sites for hydroxylation is 1. The van der Waals surface area contributed by atoms with Crippen LogP contribution >= 0.6 is 0 Å². The maximum atomic E-state index is 13.1. The Labute approximate surface area is 165 Å². The fraction of sp³-hybridized carbons (Fsp3) is 0.286. The average molecular weight is 403 g/mol. The van der Waals surface area contributed by atoms with Crippen LogP contribution in [-0.4, -0.2) is 16.0 Å². The summed E-state index contributed by atoms with van der Waals surface area (Å²) in [5, 5.41) is 6.70. The summed E-state index contributed by atoms with van der Waals surface area (Å²) < 4.78 is 44.4. The molecule has 8 heteroatoms. The van der Waals surface area contributed by atoms with Crippen LogP contribution in [0.1, 0.15) is 31.4 Å². The topological polar surface area (TPSA) is 68.0 Å². The third-order valence-corrected chi connectivity index (χ3v) is 4.53. The lowest BCUT2D eigenvalue weighted by molar-refractivity contribution is -0.137. The zero-order valence-electron chi connectivity index (χ0n) is 16.2. The van der Waals surface area contributed by atoms with Crippen molar-refractivity contribution in [3.63, 3.8) is 0 Å². The van der Waals surface area contributed by atoms with E-state index in [1.165, 1.54) is 0 Å². The Balaban J connectivity index is 1.89. The molecule has 0 saturated heterocycles. The lowest BCUT2D eigenvalue weighted by atomic mass is 10.1. The molecule has 0 saturated carbocycles. The van der Waals surface area contributed by atoms with Crippen LogP contribution < -0.4 is 5.32 Å². The first kappa shape index (κ1) is 20.6. The van der Waals surface area contributed by atoms with Crippen molar-refractivity contribution in [3.05, 3.63) is 53.6 Å². The van der Waals surface area contributed by atoms with Crippen LogP contribution in [0.5, 0.6) is 0 Å². The van der Waals surface area contributed by atoms with Crippen LogP contribution in [0, 0.1) is 12.8 Å². The van der Waals surface area contributed by atoms with Gasteiger partial charge in [-0.3, -0.25) is 4.79 Å². The van der Waals surface area contributed by atoms with E-state index >= 15 is 0 Å². The standard InChI is InChI=1S/C21H20F3N3O2/c1-4-13(3)19(28)25-17-7-5-6-14(11-17)18-26-20(29-27-18)15-8-12(2)9-16(10-15)21(22,23)24/h5-11,13H,4H2,1-3H3,(H,25,28). The molecule has 1 N–H and O–H groups in total. The van der Waals surface area contributed by atoms with Crippen LogP contribution in [0.3, 0.4) is 0 Å². The predicted molar refractivity (Wildman–Crippen MR) is 103 cm³/mol. The molecule has 0 bridgehead atoms. The molecule has 3 aromatic rings. The van der Waals surface area contributed by atoms with Gasteiger partial charge in [0.25, 0.3) is 5.89 Å².